The molecule has 1 amide bonds. The molecule has 0 aliphatic rings. The summed E-state index contributed by atoms with van der Waals surface area (Å²) in [5.41, 5.74) is 1.86. The molecule has 0 bridgehead atoms. The summed E-state index contributed by atoms with van der Waals surface area (Å²) in [7, 11) is 0. The number of hydrogen-bond acceptors (Lipinski definition) is 4. The highest BCUT2D eigenvalue weighted by molar-refractivity contribution is 6.31. The summed E-state index contributed by atoms with van der Waals surface area (Å²) in [6.07, 6.45) is 2.65. The van der Waals surface area contributed by atoms with Crippen molar-refractivity contribution in [1.82, 2.24) is 9.97 Å². The van der Waals surface area contributed by atoms with Crippen molar-refractivity contribution in [2.45, 2.75) is 6.92 Å². The minimum absolute atomic E-state index is 0.145. The highest BCUT2D eigenvalue weighted by Gasteiger charge is 2.11. The summed E-state index contributed by atoms with van der Waals surface area (Å²) in [4.78, 5) is 20.3. The number of aromatic nitrogens is 2. The van der Waals surface area contributed by atoms with E-state index in [-0.39, 0.29) is 17.2 Å². The SMILES string of the molecule is Cc1c(Cl)cccc1NC(=O)c1cnc(Nc2ccc(F)c(F)c2)nc1. The minimum atomic E-state index is -0.983. The van der Waals surface area contributed by atoms with Crippen LogP contribution in [0, 0.1) is 18.6 Å². The zero-order valence-corrected chi connectivity index (χ0v) is 14.3. The molecule has 0 unspecified atom stereocenters. The van der Waals surface area contributed by atoms with Gasteiger partial charge in [-0.25, -0.2) is 18.7 Å². The molecule has 132 valence electrons. The standard InChI is InChI=1S/C18H13ClF2N4O/c1-10-13(19)3-2-4-16(10)25-17(26)11-8-22-18(23-9-11)24-12-5-6-14(20)15(21)7-12/h2-9H,1H3,(H,25,26)(H,22,23,24). The number of carbonyl (C=O) groups is 1. The molecule has 3 rings (SSSR count). The van der Waals surface area contributed by atoms with Crippen LogP contribution in [0.15, 0.2) is 48.8 Å². The number of nitrogens with zero attached hydrogens (tertiary/aromatic N) is 2. The normalized spacial score (nSPS) is 10.5. The van der Waals surface area contributed by atoms with Crippen LogP contribution in [0.4, 0.5) is 26.1 Å². The summed E-state index contributed by atoms with van der Waals surface area (Å²) >= 11 is 6.03. The molecule has 0 atom stereocenters. The fraction of sp³-hybridized carbons (Fsp3) is 0.0556. The van der Waals surface area contributed by atoms with Gasteiger partial charge < -0.3 is 10.6 Å². The molecule has 0 saturated heterocycles. The molecule has 0 aliphatic heterocycles. The molecule has 1 aromatic heterocycles. The fourth-order valence-electron chi connectivity index (χ4n) is 2.15. The first kappa shape index (κ1) is 17.8. The number of nitrogens with one attached hydrogen (secondary N) is 2. The number of hydrogen-bond donors (Lipinski definition) is 2. The zero-order valence-electron chi connectivity index (χ0n) is 13.6. The Labute approximate surface area is 153 Å². The van der Waals surface area contributed by atoms with E-state index in [9.17, 15) is 13.6 Å². The number of anilines is 3. The molecular formula is C18H13ClF2N4O. The van der Waals surface area contributed by atoms with Gasteiger partial charge in [0, 0.05) is 34.9 Å². The number of rotatable bonds is 4. The lowest BCUT2D eigenvalue weighted by Crippen LogP contribution is -2.14. The lowest BCUT2D eigenvalue weighted by molar-refractivity contribution is 0.102. The van der Waals surface area contributed by atoms with E-state index >= 15 is 0 Å². The Balaban J connectivity index is 1.71. The topological polar surface area (TPSA) is 66.9 Å². The van der Waals surface area contributed by atoms with Crippen molar-refractivity contribution < 1.29 is 13.6 Å². The smallest absolute Gasteiger partial charge is 0.258 e. The van der Waals surface area contributed by atoms with E-state index in [0.717, 1.165) is 17.7 Å². The van der Waals surface area contributed by atoms with Gasteiger partial charge >= 0.3 is 0 Å². The monoisotopic (exact) mass is 374 g/mol. The first-order valence-corrected chi connectivity index (χ1v) is 7.92. The van der Waals surface area contributed by atoms with E-state index in [1.165, 1.54) is 18.5 Å². The Morgan fingerprint density at radius 2 is 1.81 bits per heavy atom. The average molecular weight is 375 g/mol. The second-order valence-corrected chi connectivity index (χ2v) is 5.82. The Bertz CT molecular complexity index is 964. The molecule has 2 aromatic carbocycles. The maximum Gasteiger partial charge on any atom is 0.258 e. The number of amides is 1. The Morgan fingerprint density at radius 3 is 2.50 bits per heavy atom. The molecular weight excluding hydrogens is 362 g/mol. The molecule has 8 heteroatoms. The highest BCUT2D eigenvalue weighted by Crippen LogP contribution is 2.23. The van der Waals surface area contributed by atoms with Crippen molar-refractivity contribution in [3.05, 3.63) is 76.6 Å². The zero-order chi connectivity index (χ0) is 18.7. The maximum absolute atomic E-state index is 13.2. The lowest BCUT2D eigenvalue weighted by atomic mass is 10.2. The molecule has 3 aromatic rings. The maximum atomic E-state index is 13.2. The van der Waals surface area contributed by atoms with E-state index in [2.05, 4.69) is 20.6 Å². The Hall–Kier alpha value is -3.06. The molecule has 2 N–H and O–H groups in total. The second kappa shape index (κ2) is 7.45. The Morgan fingerprint density at radius 1 is 1.08 bits per heavy atom. The molecule has 0 aliphatic carbocycles. The Kier molecular flexibility index (Phi) is 5.09. The first-order valence-electron chi connectivity index (χ1n) is 7.54. The minimum Gasteiger partial charge on any atom is -0.324 e. The van der Waals surface area contributed by atoms with Crippen molar-refractivity contribution in [2.24, 2.45) is 0 Å². The molecule has 26 heavy (non-hydrogen) atoms. The first-order chi connectivity index (χ1) is 12.4. The van der Waals surface area contributed by atoms with Gasteiger partial charge in [-0.15, -0.1) is 0 Å². The molecule has 0 radical (unpaired) electrons. The molecule has 0 spiro atoms. The molecule has 0 fully saturated rings. The van der Waals surface area contributed by atoms with E-state index in [1.807, 2.05) is 0 Å². The van der Waals surface area contributed by atoms with Gasteiger partial charge in [0.2, 0.25) is 5.95 Å². The van der Waals surface area contributed by atoms with Gasteiger partial charge in [0.05, 0.1) is 5.56 Å². The third-order valence-corrected chi connectivity index (χ3v) is 4.02. The predicted octanol–water partition coefficient (Wildman–Crippen LogP) is 4.71. The summed E-state index contributed by atoms with van der Waals surface area (Å²) in [6.45, 7) is 1.79. The largest absolute Gasteiger partial charge is 0.324 e. The van der Waals surface area contributed by atoms with E-state index in [1.54, 1.807) is 25.1 Å². The second-order valence-electron chi connectivity index (χ2n) is 5.42. The van der Waals surface area contributed by atoms with Crippen LogP contribution in [0.25, 0.3) is 0 Å². The average Bonchev–Trinajstić information content (AvgIpc) is 2.63. The summed E-state index contributed by atoms with van der Waals surface area (Å²) in [6, 6.07) is 8.53. The van der Waals surface area contributed by atoms with Crippen LogP contribution in [0.5, 0.6) is 0 Å². The van der Waals surface area contributed by atoms with Gasteiger partial charge in [0.1, 0.15) is 0 Å². The van der Waals surface area contributed by atoms with Gasteiger partial charge in [0.25, 0.3) is 5.91 Å². The quantitative estimate of drug-likeness (QED) is 0.694. The molecule has 5 nitrogen and oxygen atoms in total. The summed E-state index contributed by atoms with van der Waals surface area (Å²) in [5.74, 6) is -2.18. The number of carbonyl (C=O) groups excluding carboxylic acids is 1. The molecule has 1 heterocycles. The molecule has 0 saturated carbocycles. The van der Waals surface area contributed by atoms with E-state index < -0.39 is 17.5 Å². The summed E-state index contributed by atoms with van der Waals surface area (Å²) < 4.78 is 26.1. The van der Waals surface area contributed by atoms with Gasteiger partial charge in [-0.1, -0.05) is 17.7 Å². The van der Waals surface area contributed by atoms with Gasteiger partial charge in [-0.05, 0) is 36.8 Å². The van der Waals surface area contributed by atoms with Crippen LogP contribution in [0.2, 0.25) is 5.02 Å². The van der Waals surface area contributed by atoms with Gasteiger partial charge in [-0.2, -0.15) is 0 Å². The van der Waals surface area contributed by atoms with Crippen molar-refractivity contribution >= 4 is 34.8 Å². The van der Waals surface area contributed by atoms with Crippen LogP contribution in [-0.4, -0.2) is 15.9 Å². The van der Waals surface area contributed by atoms with E-state index in [0.29, 0.717) is 10.7 Å². The predicted molar refractivity (Wildman–Crippen MR) is 95.8 cm³/mol. The highest BCUT2D eigenvalue weighted by atomic mass is 35.5. The van der Waals surface area contributed by atoms with Crippen LogP contribution in [0.3, 0.4) is 0 Å². The fourth-order valence-corrected chi connectivity index (χ4v) is 2.32. The van der Waals surface area contributed by atoms with Crippen molar-refractivity contribution in [3.63, 3.8) is 0 Å². The third kappa shape index (κ3) is 3.94. The lowest BCUT2D eigenvalue weighted by Gasteiger charge is -2.10. The van der Waals surface area contributed by atoms with Crippen molar-refractivity contribution in [2.75, 3.05) is 10.6 Å². The summed E-state index contributed by atoms with van der Waals surface area (Å²) in [5, 5.41) is 6.01. The van der Waals surface area contributed by atoms with Crippen molar-refractivity contribution in [1.29, 1.82) is 0 Å². The van der Waals surface area contributed by atoms with Crippen LogP contribution >= 0.6 is 11.6 Å². The van der Waals surface area contributed by atoms with E-state index in [4.69, 9.17) is 11.6 Å². The van der Waals surface area contributed by atoms with Gasteiger partial charge in [0.15, 0.2) is 11.6 Å². The van der Waals surface area contributed by atoms with Crippen LogP contribution < -0.4 is 10.6 Å². The van der Waals surface area contributed by atoms with Crippen LogP contribution in [-0.2, 0) is 0 Å². The third-order valence-electron chi connectivity index (χ3n) is 3.61. The number of benzene rings is 2. The van der Waals surface area contributed by atoms with Crippen LogP contribution in [0.1, 0.15) is 15.9 Å². The van der Waals surface area contributed by atoms with Crippen molar-refractivity contribution in [3.8, 4) is 0 Å². The number of halogens is 3. The van der Waals surface area contributed by atoms with Gasteiger partial charge in [-0.3, -0.25) is 4.79 Å².